The number of fused-ring (bicyclic) bond motifs is 3. The maximum Gasteiger partial charge on any atom is 0.311 e. The number of carbonyl (C=O) groups is 2. The summed E-state index contributed by atoms with van der Waals surface area (Å²) in [6.07, 6.45) is 4.39. The van der Waals surface area contributed by atoms with Gasteiger partial charge in [-0.3, -0.25) is 9.59 Å². The number of benzene rings is 2. The fourth-order valence-electron chi connectivity index (χ4n) is 3.75. The lowest BCUT2D eigenvalue weighted by Gasteiger charge is -2.11. The zero-order valence-electron chi connectivity index (χ0n) is 14.8. The average Bonchev–Trinajstić information content (AvgIpc) is 3.35. The third-order valence-electron chi connectivity index (χ3n) is 5.66. The fourth-order valence-corrected chi connectivity index (χ4v) is 3.75. The van der Waals surface area contributed by atoms with E-state index in [2.05, 4.69) is 47.8 Å². The van der Waals surface area contributed by atoms with Gasteiger partial charge in [0, 0.05) is 13.0 Å². The van der Waals surface area contributed by atoms with Crippen molar-refractivity contribution < 1.29 is 14.7 Å². The number of carboxylic acids is 1. The van der Waals surface area contributed by atoms with Crippen LogP contribution in [-0.2, 0) is 22.4 Å². The smallest absolute Gasteiger partial charge is 0.311 e. The van der Waals surface area contributed by atoms with Crippen LogP contribution in [0.15, 0.2) is 42.5 Å². The van der Waals surface area contributed by atoms with E-state index in [1.807, 2.05) is 0 Å². The fraction of sp³-hybridized carbons (Fsp3) is 0.364. The molecule has 4 nitrogen and oxygen atoms in total. The summed E-state index contributed by atoms with van der Waals surface area (Å²) in [5, 5.41) is 11.9. The molecule has 0 atom stereocenters. The summed E-state index contributed by atoms with van der Waals surface area (Å²) in [5.74, 6) is -0.847. The lowest BCUT2D eigenvalue weighted by Crippen LogP contribution is -2.34. The normalized spacial score (nSPS) is 15.8. The molecule has 4 rings (SSSR count). The molecule has 0 aliphatic heterocycles. The summed E-state index contributed by atoms with van der Waals surface area (Å²) in [5.41, 5.74) is 5.95. The standard InChI is InChI=1S/C22H23NO3/c24-20(23-14-22(10-11-22)21(25)26)7-3-4-15-8-9-17-13-16-5-1-2-6-18(16)19(17)12-15/h1-2,5-6,8-9,12H,3-4,7,10-11,13-14H2,(H,23,24)(H,25,26). The van der Waals surface area contributed by atoms with Crippen molar-refractivity contribution in [1.29, 1.82) is 0 Å². The molecule has 0 spiro atoms. The van der Waals surface area contributed by atoms with Gasteiger partial charge >= 0.3 is 5.97 Å². The van der Waals surface area contributed by atoms with Gasteiger partial charge in [0.05, 0.1) is 5.41 Å². The van der Waals surface area contributed by atoms with Gasteiger partial charge in [0.25, 0.3) is 0 Å². The number of nitrogens with one attached hydrogen (secondary N) is 1. The van der Waals surface area contributed by atoms with Crippen LogP contribution < -0.4 is 5.32 Å². The predicted octanol–water partition coefficient (Wildman–Crippen LogP) is 3.56. The highest BCUT2D eigenvalue weighted by Crippen LogP contribution is 2.45. The molecule has 26 heavy (non-hydrogen) atoms. The van der Waals surface area contributed by atoms with Crippen molar-refractivity contribution in [1.82, 2.24) is 5.32 Å². The highest BCUT2D eigenvalue weighted by Gasteiger charge is 2.50. The Morgan fingerprint density at radius 3 is 2.58 bits per heavy atom. The van der Waals surface area contributed by atoms with Crippen LogP contribution >= 0.6 is 0 Å². The van der Waals surface area contributed by atoms with E-state index in [0.717, 1.165) is 19.3 Å². The third kappa shape index (κ3) is 3.24. The van der Waals surface area contributed by atoms with Crippen molar-refractivity contribution in [2.24, 2.45) is 5.41 Å². The molecule has 2 aromatic rings. The van der Waals surface area contributed by atoms with Gasteiger partial charge in [0.15, 0.2) is 0 Å². The van der Waals surface area contributed by atoms with E-state index < -0.39 is 11.4 Å². The minimum Gasteiger partial charge on any atom is -0.481 e. The summed E-state index contributed by atoms with van der Waals surface area (Å²) in [6, 6.07) is 15.1. The number of amides is 1. The maximum atomic E-state index is 12.0. The van der Waals surface area contributed by atoms with Crippen LogP contribution in [0.3, 0.4) is 0 Å². The number of hydrogen-bond donors (Lipinski definition) is 2. The van der Waals surface area contributed by atoms with Crippen molar-refractivity contribution in [2.75, 3.05) is 6.54 Å². The minimum atomic E-state index is -0.795. The topological polar surface area (TPSA) is 66.4 Å². The molecule has 0 heterocycles. The molecule has 1 amide bonds. The molecular formula is C22H23NO3. The zero-order valence-corrected chi connectivity index (χ0v) is 14.8. The van der Waals surface area contributed by atoms with Gasteiger partial charge < -0.3 is 10.4 Å². The first-order chi connectivity index (χ1) is 12.6. The van der Waals surface area contributed by atoms with Crippen molar-refractivity contribution in [3.8, 4) is 11.1 Å². The minimum absolute atomic E-state index is 0.0518. The quantitative estimate of drug-likeness (QED) is 0.685. The molecule has 2 aliphatic carbocycles. The van der Waals surface area contributed by atoms with Crippen molar-refractivity contribution in [3.05, 3.63) is 59.2 Å². The molecule has 2 N–H and O–H groups in total. The molecule has 1 saturated carbocycles. The van der Waals surface area contributed by atoms with E-state index in [9.17, 15) is 9.59 Å². The summed E-state index contributed by atoms with van der Waals surface area (Å²) < 4.78 is 0. The van der Waals surface area contributed by atoms with Crippen molar-refractivity contribution >= 4 is 11.9 Å². The van der Waals surface area contributed by atoms with Crippen LogP contribution in [0.2, 0.25) is 0 Å². The monoisotopic (exact) mass is 349 g/mol. The van der Waals surface area contributed by atoms with E-state index in [-0.39, 0.29) is 12.5 Å². The molecule has 0 bridgehead atoms. The van der Waals surface area contributed by atoms with E-state index in [0.29, 0.717) is 19.3 Å². The first-order valence-electron chi connectivity index (χ1n) is 9.28. The Morgan fingerprint density at radius 1 is 1.04 bits per heavy atom. The van der Waals surface area contributed by atoms with Gasteiger partial charge in [-0.25, -0.2) is 0 Å². The molecule has 0 aromatic heterocycles. The van der Waals surface area contributed by atoms with E-state index in [1.165, 1.54) is 27.8 Å². The summed E-state index contributed by atoms with van der Waals surface area (Å²) in [4.78, 5) is 23.1. The molecule has 0 unspecified atom stereocenters. The van der Waals surface area contributed by atoms with E-state index >= 15 is 0 Å². The van der Waals surface area contributed by atoms with Gasteiger partial charge in [-0.05, 0) is 59.9 Å². The molecule has 0 saturated heterocycles. The van der Waals surface area contributed by atoms with Crippen LogP contribution in [0.25, 0.3) is 11.1 Å². The summed E-state index contributed by atoms with van der Waals surface area (Å²) in [6.45, 7) is 0.261. The Balaban J connectivity index is 1.30. The molecular weight excluding hydrogens is 326 g/mol. The van der Waals surface area contributed by atoms with E-state index in [4.69, 9.17) is 5.11 Å². The lowest BCUT2D eigenvalue weighted by molar-refractivity contribution is -0.143. The lowest BCUT2D eigenvalue weighted by atomic mass is 10.00. The Hall–Kier alpha value is -2.62. The second kappa shape index (κ2) is 6.60. The molecule has 2 aromatic carbocycles. The first-order valence-corrected chi connectivity index (χ1v) is 9.28. The Labute approximate surface area is 153 Å². The summed E-state index contributed by atoms with van der Waals surface area (Å²) >= 11 is 0. The highest BCUT2D eigenvalue weighted by atomic mass is 16.4. The van der Waals surface area contributed by atoms with Gasteiger partial charge in [-0.15, -0.1) is 0 Å². The van der Waals surface area contributed by atoms with Crippen LogP contribution in [-0.4, -0.2) is 23.5 Å². The maximum absolute atomic E-state index is 12.0. The van der Waals surface area contributed by atoms with Crippen molar-refractivity contribution in [3.63, 3.8) is 0 Å². The van der Waals surface area contributed by atoms with Gasteiger partial charge in [0.1, 0.15) is 0 Å². The molecule has 1 fully saturated rings. The van der Waals surface area contributed by atoms with Gasteiger partial charge in [-0.1, -0.05) is 42.5 Å². The largest absolute Gasteiger partial charge is 0.481 e. The number of hydrogen-bond acceptors (Lipinski definition) is 2. The highest BCUT2D eigenvalue weighted by molar-refractivity contribution is 5.81. The van der Waals surface area contributed by atoms with Crippen LogP contribution in [0.5, 0.6) is 0 Å². The second-order valence-corrected chi connectivity index (χ2v) is 7.54. The third-order valence-corrected chi connectivity index (χ3v) is 5.66. The molecule has 134 valence electrons. The molecule has 0 radical (unpaired) electrons. The number of aliphatic carboxylic acids is 1. The molecule has 2 aliphatic rings. The SMILES string of the molecule is O=C(CCCc1ccc2c(c1)-c1ccccc1C2)NCC1(C(=O)O)CC1. The van der Waals surface area contributed by atoms with Crippen LogP contribution in [0, 0.1) is 5.41 Å². The average molecular weight is 349 g/mol. The van der Waals surface area contributed by atoms with Crippen molar-refractivity contribution in [2.45, 2.75) is 38.5 Å². The first kappa shape index (κ1) is 16.8. The number of aryl methyl sites for hydroxylation is 1. The number of rotatable bonds is 7. The second-order valence-electron chi connectivity index (χ2n) is 7.54. The summed E-state index contributed by atoms with van der Waals surface area (Å²) in [7, 11) is 0. The Kier molecular flexibility index (Phi) is 4.27. The van der Waals surface area contributed by atoms with E-state index in [1.54, 1.807) is 0 Å². The van der Waals surface area contributed by atoms with Crippen LogP contribution in [0.1, 0.15) is 42.4 Å². The number of carbonyl (C=O) groups excluding carboxylic acids is 1. The zero-order chi connectivity index (χ0) is 18.1. The molecule has 4 heteroatoms. The predicted molar refractivity (Wildman–Crippen MR) is 99.9 cm³/mol. The van der Waals surface area contributed by atoms with Gasteiger partial charge in [-0.2, -0.15) is 0 Å². The number of carboxylic acid groups (broad SMARTS) is 1. The van der Waals surface area contributed by atoms with Crippen LogP contribution in [0.4, 0.5) is 0 Å². The Morgan fingerprint density at radius 2 is 1.81 bits per heavy atom. The van der Waals surface area contributed by atoms with Gasteiger partial charge in [0.2, 0.25) is 5.91 Å². The Bertz CT molecular complexity index is 867.